The number of benzene rings is 1. The third-order valence-electron chi connectivity index (χ3n) is 4.45. The molecule has 1 fully saturated rings. The molecule has 1 saturated carbocycles. The molecule has 2 atom stereocenters. The maximum Gasteiger partial charge on any atom is 0.130 e. The summed E-state index contributed by atoms with van der Waals surface area (Å²) in [5.74, 6) is 1.34. The summed E-state index contributed by atoms with van der Waals surface area (Å²) in [7, 11) is 0. The molecule has 0 aromatic heterocycles. The van der Waals surface area contributed by atoms with Gasteiger partial charge in [-0.3, -0.25) is 0 Å². The minimum Gasteiger partial charge on any atom is -0.379 e. The number of anilines is 1. The van der Waals surface area contributed by atoms with Crippen molar-refractivity contribution in [1.82, 2.24) is 0 Å². The topological polar surface area (TPSA) is 36.8 Å². The molecule has 1 aromatic rings. The Hall–Kier alpha value is -0.580. The Morgan fingerprint density at radius 3 is 2.62 bits per heavy atom. The second-order valence-corrected chi connectivity index (χ2v) is 7.46. The van der Waals surface area contributed by atoms with Gasteiger partial charge in [-0.2, -0.15) is 8.73 Å². The molecule has 1 N–H and O–H groups in total. The zero-order chi connectivity index (χ0) is 15.0. The first-order chi connectivity index (χ1) is 10.1. The van der Waals surface area contributed by atoms with Gasteiger partial charge in [0.25, 0.3) is 0 Å². The fourth-order valence-electron chi connectivity index (χ4n) is 3.33. The SMILES string of the molecule is CC(C)C1CCCCC1Nc1c(Cl)cc(Cl)c2c1N=S=N2. The fraction of sp³-hybridized carbons (Fsp3) is 0.600. The summed E-state index contributed by atoms with van der Waals surface area (Å²) >= 11 is 13.8. The van der Waals surface area contributed by atoms with Crippen LogP contribution in [0.1, 0.15) is 39.5 Å². The van der Waals surface area contributed by atoms with Crippen molar-refractivity contribution in [2.24, 2.45) is 20.6 Å². The largest absolute Gasteiger partial charge is 0.379 e. The van der Waals surface area contributed by atoms with E-state index in [1.807, 2.05) is 0 Å². The molecule has 1 aliphatic heterocycles. The lowest BCUT2D eigenvalue weighted by molar-refractivity contribution is 0.254. The highest BCUT2D eigenvalue weighted by Gasteiger charge is 2.29. The van der Waals surface area contributed by atoms with Gasteiger partial charge >= 0.3 is 0 Å². The Morgan fingerprint density at radius 2 is 1.86 bits per heavy atom. The first kappa shape index (κ1) is 15.3. The summed E-state index contributed by atoms with van der Waals surface area (Å²) in [6.07, 6.45) is 5.05. The summed E-state index contributed by atoms with van der Waals surface area (Å²) in [5, 5.41) is 4.85. The standard InChI is InChI=1S/C15H19Cl2N3S/c1-8(2)9-5-3-4-6-12(9)18-13-10(16)7-11(17)14-15(13)20-21-19-14/h7-9,12,18H,3-6H2,1-2H3. The number of rotatable bonds is 3. The first-order valence-corrected chi connectivity index (χ1v) is 8.93. The summed E-state index contributed by atoms with van der Waals surface area (Å²) in [5.41, 5.74) is 2.43. The van der Waals surface area contributed by atoms with Gasteiger partial charge in [0.2, 0.25) is 0 Å². The van der Waals surface area contributed by atoms with Crippen molar-refractivity contribution in [1.29, 1.82) is 0 Å². The van der Waals surface area contributed by atoms with Crippen LogP contribution in [0.4, 0.5) is 17.1 Å². The second kappa shape index (κ2) is 6.27. The Labute approximate surface area is 139 Å². The van der Waals surface area contributed by atoms with Crippen LogP contribution in [-0.4, -0.2) is 6.04 Å². The lowest BCUT2D eigenvalue weighted by atomic mass is 9.77. The van der Waals surface area contributed by atoms with Crippen molar-refractivity contribution in [3.05, 3.63) is 16.1 Å². The average molecular weight is 344 g/mol. The van der Waals surface area contributed by atoms with Crippen molar-refractivity contribution in [2.75, 3.05) is 5.32 Å². The van der Waals surface area contributed by atoms with Crippen LogP contribution >= 0.6 is 23.2 Å². The van der Waals surface area contributed by atoms with Gasteiger partial charge in [0.1, 0.15) is 11.4 Å². The van der Waals surface area contributed by atoms with Gasteiger partial charge < -0.3 is 5.32 Å². The van der Waals surface area contributed by atoms with Gasteiger partial charge in [0, 0.05) is 6.04 Å². The molecule has 0 radical (unpaired) electrons. The van der Waals surface area contributed by atoms with E-state index in [-0.39, 0.29) is 0 Å². The van der Waals surface area contributed by atoms with E-state index in [9.17, 15) is 0 Å². The van der Waals surface area contributed by atoms with E-state index in [2.05, 4.69) is 27.9 Å². The van der Waals surface area contributed by atoms with Gasteiger partial charge in [0.15, 0.2) is 0 Å². The highest BCUT2D eigenvalue weighted by molar-refractivity contribution is 7.58. The van der Waals surface area contributed by atoms with Crippen LogP contribution in [0.3, 0.4) is 0 Å². The number of hydrogen-bond donors (Lipinski definition) is 1. The molecule has 1 aromatic carbocycles. The van der Waals surface area contributed by atoms with E-state index in [0.717, 1.165) is 17.1 Å². The minimum atomic E-state index is 0.447. The second-order valence-electron chi connectivity index (χ2n) is 6.12. The number of halogens is 2. The van der Waals surface area contributed by atoms with Crippen LogP contribution in [0.25, 0.3) is 0 Å². The predicted molar refractivity (Wildman–Crippen MR) is 92.2 cm³/mol. The first-order valence-electron chi connectivity index (χ1n) is 7.44. The van der Waals surface area contributed by atoms with Crippen LogP contribution in [0.15, 0.2) is 14.8 Å². The molecular weight excluding hydrogens is 325 g/mol. The van der Waals surface area contributed by atoms with Gasteiger partial charge in [-0.15, -0.1) is 0 Å². The lowest BCUT2D eigenvalue weighted by Gasteiger charge is -2.36. The van der Waals surface area contributed by atoms with E-state index < -0.39 is 0 Å². The summed E-state index contributed by atoms with van der Waals surface area (Å²) in [6, 6.07) is 2.21. The normalized spacial score (nSPS) is 24.0. The monoisotopic (exact) mass is 343 g/mol. The zero-order valence-corrected chi connectivity index (χ0v) is 14.5. The van der Waals surface area contributed by atoms with Gasteiger partial charge in [-0.25, -0.2) is 0 Å². The van der Waals surface area contributed by atoms with E-state index >= 15 is 0 Å². The van der Waals surface area contributed by atoms with Gasteiger partial charge in [0.05, 0.1) is 27.1 Å². The van der Waals surface area contributed by atoms with Crippen LogP contribution < -0.4 is 5.32 Å². The van der Waals surface area contributed by atoms with E-state index in [0.29, 0.717) is 27.9 Å². The molecule has 114 valence electrons. The molecule has 0 spiro atoms. The molecule has 1 aliphatic carbocycles. The molecule has 3 rings (SSSR count). The third kappa shape index (κ3) is 2.99. The summed E-state index contributed by atoms with van der Waals surface area (Å²) in [6.45, 7) is 4.60. The van der Waals surface area contributed by atoms with Crippen LogP contribution in [0.2, 0.25) is 10.0 Å². The van der Waals surface area contributed by atoms with Crippen LogP contribution in [-0.2, 0) is 11.4 Å². The van der Waals surface area contributed by atoms with Crippen molar-refractivity contribution in [3.8, 4) is 0 Å². The Bertz CT molecular complexity index is 624. The predicted octanol–water partition coefficient (Wildman–Crippen LogP) is 6.35. The number of nitrogens with zero attached hydrogens (tertiary/aromatic N) is 2. The fourth-order valence-corrected chi connectivity index (χ4v) is 4.50. The average Bonchev–Trinajstić information content (AvgIpc) is 2.93. The lowest BCUT2D eigenvalue weighted by Crippen LogP contribution is -2.35. The summed E-state index contributed by atoms with van der Waals surface area (Å²) < 4.78 is 8.64. The minimum absolute atomic E-state index is 0.447. The van der Waals surface area contributed by atoms with E-state index in [1.54, 1.807) is 6.07 Å². The number of fused-ring (bicyclic) bond motifs is 1. The van der Waals surface area contributed by atoms with Crippen molar-refractivity contribution in [2.45, 2.75) is 45.6 Å². The van der Waals surface area contributed by atoms with E-state index in [1.165, 1.54) is 37.0 Å². The van der Waals surface area contributed by atoms with Crippen molar-refractivity contribution < 1.29 is 0 Å². The molecule has 0 saturated heterocycles. The molecule has 3 nitrogen and oxygen atoms in total. The highest BCUT2D eigenvalue weighted by Crippen LogP contribution is 2.48. The number of hydrogen-bond acceptors (Lipinski definition) is 3. The zero-order valence-electron chi connectivity index (χ0n) is 12.2. The highest BCUT2D eigenvalue weighted by atomic mass is 35.5. The maximum absolute atomic E-state index is 6.40. The molecule has 21 heavy (non-hydrogen) atoms. The molecular formula is C15H19Cl2N3S. The van der Waals surface area contributed by atoms with Crippen LogP contribution in [0, 0.1) is 11.8 Å². The van der Waals surface area contributed by atoms with E-state index in [4.69, 9.17) is 23.2 Å². The van der Waals surface area contributed by atoms with Crippen molar-refractivity contribution in [3.63, 3.8) is 0 Å². The molecule has 2 aliphatic rings. The Balaban J connectivity index is 1.92. The molecule has 2 unspecified atom stereocenters. The van der Waals surface area contributed by atoms with Gasteiger partial charge in [-0.1, -0.05) is 49.9 Å². The van der Waals surface area contributed by atoms with Gasteiger partial charge in [-0.05, 0) is 30.7 Å². The Morgan fingerprint density at radius 1 is 1.14 bits per heavy atom. The molecule has 1 heterocycles. The molecule has 0 amide bonds. The molecule has 0 bridgehead atoms. The summed E-state index contributed by atoms with van der Waals surface area (Å²) in [4.78, 5) is 0. The van der Waals surface area contributed by atoms with Crippen LogP contribution in [0.5, 0.6) is 0 Å². The quantitative estimate of drug-likeness (QED) is 0.692. The number of nitrogens with one attached hydrogen (secondary N) is 1. The smallest absolute Gasteiger partial charge is 0.130 e. The molecule has 6 heteroatoms. The Kier molecular flexibility index (Phi) is 4.57. The third-order valence-corrected chi connectivity index (χ3v) is 5.56. The maximum atomic E-state index is 6.40. The van der Waals surface area contributed by atoms with Crippen molar-refractivity contribution >= 4 is 51.6 Å².